The number of carboxylic acid groups (broad SMARTS) is 1. The molecule has 1 atom stereocenters. The van der Waals surface area contributed by atoms with E-state index in [0.29, 0.717) is 10.4 Å². The van der Waals surface area contributed by atoms with Crippen LogP contribution in [0.25, 0.3) is 10.4 Å². The second-order valence-electron chi connectivity index (χ2n) is 12.1. The van der Waals surface area contributed by atoms with E-state index in [2.05, 4.69) is 10.3 Å². The molecule has 3 rings (SSSR count). The lowest BCUT2D eigenvalue weighted by Gasteiger charge is -2.30. The van der Waals surface area contributed by atoms with E-state index in [9.17, 15) is 32.7 Å². The van der Waals surface area contributed by atoms with E-state index in [1.165, 1.54) is 57.2 Å². The molecule has 0 radical (unpaired) electrons. The van der Waals surface area contributed by atoms with Gasteiger partial charge in [0.25, 0.3) is 15.9 Å². The summed E-state index contributed by atoms with van der Waals surface area (Å²) in [7, 11) is -4.74. The van der Waals surface area contributed by atoms with Crippen LogP contribution in [0.5, 0.6) is 0 Å². The van der Waals surface area contributed by atoms with Gasteiger partial charge >= 0.3 is 18.0 Å². The lowest BCUT2D eigenvalue weighted by atomic mass is 10.0. The number of carbonyl (C=O) groups excluding carboxylic acids is 3. The van der Waals surface area contributed by atoms with Crippen LogP contribution in [0, 0.1) is 0 Å². The molecule has 0 aliphatic heterocycles. The zero-order valence-electron chi connectivity index (χ0n) is 26.6. The molecule has 0 bridgehead atoms. The third kappa shape index (κ3) is 9.52. The Morgan fingerprint density at radius 3 is 2.09 bits per heavy atom. The Morgan fingerprint density at radius 2 is 1.53 bits per heavy atom. The molecule has 0 fully saturated rings. The summed E-state index contributed by atoms with van der Waals surface area (Å²) in [5.41, 5.74) is 9.69. The molecule has 2 aromatic carbocycles. The average Bonchev–Trinajstić information content (AvgIpc) is 3.43. The number of nitrogens with one attached hydrogen (secondary N) is 1. The minimum Gasteiger partial charge on any atom is -0.480 e. The molecule has 47 heavy (non-hydrogen) atoms. The first-order valence-corrected chi connectivity index (χ1v) is 16.4. The normalized spacial score (nSPS) is 12.4. The van der Waals surface area contributed by atoms with Gasteiger partial charge in [-0.1, -0.05) is 30.3 Å². The van der Waals surface area contributed by atoms with E-state index in [-0.39, 0.29) is 31.3 Å². The third-order valence-electron chi connectivity index (χ3n) is 5.89. The number of guanidine groups is 1. The summed E-state index contributed by atoms with van der Waals surface area (Å²) >= 11 is 0.955. The molecule has 0 saturated carbocycles. The maximum Gasteiger partial charge on any atom is 0.425 e. The number of nitrogens with two attached hydrogens (primary N) is 2. The molecule has 1 aromatic heterocycles. The molecule has 0 aliphatic rings. The minimum absolute atomic E-state index is 0.0506. The number of sulfonamides is 1. The van der Waals surface area contributed by atoms with Gasteiger partial charge in [0.2, 0.25) is 0 Å². The molecule has 0 aliphatic carbocycles. The summed E-state index contributed by atoms with van der Waals surface area (Å²) in [4.78, 5) is 56.3. The van der Waals surface area contributed by atoms with Crippen LogP contribution in [0.4, 0.5) is 10.5 Å². The summed E-state index contributed by atoms with van der Waals surface area (Å²) in [5, 5.41) is 12.5. The average molecular weight is 688 g/mol. The van der Waals surface area contributed by atoms with Crippen LogP contribution in [0.2, 0.25) is 0 Å². The van der Waals surface area contributed by atoms with E-state index < -0.39 is 57.8 Å². The predicted octanol–water partition coefficient (Wildman–Crippen LogP) is 4.08. The van der Waals surface area contributed by atoms with Crippen LogP contribution in [0.15, 0.2) is 70.6 Å². The lowest BCUT2D eigenvalue weighted by Crippen LogP contribution is -2.54. The largest absolute Gasteiger partial charge is 0.480 e. The van der Waals surface area contributed by atoms with Crippen molar-refractivity contribution in [2.24, 2.45) is 16.5 Å². The van der Waals surface area contributed by atoms with Gasteiger partial charge in [-0.05, 0) is 71.9 Å². The minimum atomic E-state index is -4.74. The van der Waals surface area contributed by atoms with Crippen LogP contribution in [-0.2, 0) is 24.3 Å². The molecule has 14 nitrogen and oxygen atoms in total. The number of amides is 2. The molecule has 3 aromatic rings. The fourth-order valence-corrected chi connectivity index (χ4v) is 6.49. The summed E-state index contributed by atoms with van der Waals surface area (Å²) in [6.45, 7) is 8.76. The highest BCUT2D eigenvalue weighted by atomic mass is 32.2. The van der Waals surface area contributed by atoms with Crippen molar-refractivity contribution in [3.8, 4) is 10.4 Å². The molecule has 0 spiro atoms. The fourth-order valence-electron chi connectivity index (χ4n) is 4.08. The number of esters is 1. The van der Waals surface area contributed by atoms with Gasteiger partial charge in [0.1, 0.15) is 11.2 Å². The zero-order chi connectivity index (χ0) is 35.3. The van der Waals surface area contributed by atoms with E-state index in [4.69, 9.17) is 20.9 Å². The quantitative estimate of drug-likeness (QED) is 0.135. The highest BCUT2D eigenvalue weighted by Gasteiger charge is 2.42. The Balaban J connectivity index is 1.97. The Kier molecular flexibility index (Phi) is 11.0. The van der Waals surface area contributed by atoms with Crippen LogP contribution in [0.1, 0.15) is 61.6 Å². The number of thiophene rings is 1. The van der Waals surface area contributed by atoms with Crippen LogP contribution < -0.4 is 16.8 Å². The van der Waals surface area contributed by atoms with E-state index in [1.54, 1.807) is 45.0 Å². The monoisotopic (exact) mass is 687 g/mol. The number of ether oxygens (including phenoxy) is 2. The zero-order valence-corrected chi connectivity index (χ0v) is 28.3. The Hall–Kier alpha value is -4.96. The second kappa shape index (κ2) is 14.2. The molecule has 6 N–H and O–H groups in total. The highest BCUT2D eigenvalue weighted by Crippen LogP contribution is 2.36. The SMILES string of the molecule is CC(C)(C)OC(=O)c1c(N=C(N)N)cccc1-c1ccc(C(=O)NCC(C(=O)O)N(C(=O)OC(C)(C)C)S(=O)(=O)c2ccccc2)s1. The van der Waals surface area contributed by atoms with E-state index in [1.807, 2.05) is 0 Å². The van der Waals surface area contributed by atoms with E-state index in [0.717, 1.165) is 11.3 Å². The first kappa shape index (κ1) is 36.5. The number of benzene rings is 2. The number of carboxylic acids is 1. The van der Waals surface area contributed by atoms with Crippen LogP contribution in [-0.4, -0.2) is 71.5 Å². The predicted molar refractivity (Wildman–Crippen MR) is 176 cm³/mol. The van der Waals surface area contributed by atoms with Crippen molar-refractivity contribution in [1.29, 1.82) is 0 Å². The summed E-state index contributed by atoms with van der Waals surface area (Å²) < 4.78 is 38.0. The smallest absolute Gasteiger partial charge is 0.425 e. The number of hydrogen-bond acceptors (Lipinski definition) is 10. The summed E-state index contributed by atoms with van der Waals surface area (Å²) in [6, 6.07) is 12.4. The molecule has 1 heterocycles. The number of aliphatic carboxylic acids is 1. The number of nitrogens with zero attached hydrogens (tertiary/aromatic N) is 2. The van der Waals surface area contributed by atoms with E-state index >= 15 is 0 Å². The molecule has 1 unspecified atom stereocenters. The number of carbonyl (C=O) groups is 4. The van der Waals surface area contributed by atoms with Crippen molar-refractivity contribution in [2.75, 3.05) is 6.54 Å². The summed E-state index contributed by atoms with van der Waals surface area (Å²) in [5.74, 6) is -3.48. The molecule has 16 heteroatoms. The standard InChI is InChI=1S/C31H37N5O9S2/c1-30(2,3)44-27(40)24-19(13-10-14-20(24)35-28(32)33)22-15-16-23(46-22)25(37)34-17-21(26(38)39)36(29(41)45-31(4,5)6)47(42,43)18-11-8-7-9-12-18/h7-16,21H,17H2,1-6H3,(H,34,37)(H,38,39)(H4,32,33,35). The van der Waals surface area contributed by atoms with Gasteiger partial charge in [-0.25, -0.2) is 27.8 Å². The van der Waals surface area contributed by atoms with Gasteiger partial charge in [0.05, 0.1) is 27.6 Å². The molecule has 0 saturated heterocycles. The van der Waals surface area contributed by atoms with Gasteiger partial charge in [-0.15, -0.1) is 11.3 Å². The van der Waals surface area contributed by atoms with Crippen molar-refractivity contribution in [3.63, 3.8) is 0 Å². The highest BCUT2D eigenvalue weighted by molar-refractivity contribution is 7.89. The van der Waals surface area contributed by atoms with Gasteiger partial charge in [0.15, 0.2) is 12.0 Å². The van der Waals surface area contributed by atoms with Crippen molar-refractivity contribution in [3.05, 3.63) is 71.1 Å². The molecular formula is C31H37N5O9S2. The number of rotatable bonds is 10. The van der Waals surface area contributed by atoms with Crippen molar-refractivity contribution in [1.82, 2.24) is 9.62 Å². The van der Waals surface area contributed by atoms with Crippen molar-refractivity contribution < 1.29 is 42.2 Å². The van der Waals surface area contributed by atoms with Crippen LogP contribution >= 0.6 is 11.3 Å². The second-order valence-corrected chi connectivity index (χ2v) is 15.0. The number of hydrogen-bond donors (Lipinski definition) is 4. The summed E-state index contributed by atoms with van der Waals surface area (Å²) in [6.07, 6.45) is -1.43. The molecule has 2 amide bonds. The lowest BCUT2D eigenvalue weighted by molar-refractivity contribution is -0.141. The number of aliphatic imine (C=N–C) groups is 1. The Bertz CT molecular complexity index is 1790. The Morgan fingerprint density at radius 1 is 0.915 bits per heavy atom. The maximum absolute atomic E-state index is 13.5. The topological polar surface area (TPSA) is 221 Å². The van der Waals surface area contributed by atoms with Gasteiger partial charge < -0.3 is 31.4 Å². The van der Waals surface area contributed by atoms with Gasteiger partial charge in [-0.2, -0.15) is 4.31 Å². The van der Waals surface area contributed by atoms with Crippen LogP contribution in [0.3, 0.4) is 0 Å². The first-order valence-electron chi connectivity index (χ1n) is 14.1. The maximum atomic E-state index is 13.5. The first-order chi connectivity index (χ1) is 21.7. The fraction of sp³-hybridized carbons (Fsp3) is 0.323. The Labute approximate surface area is 276 Å². The third-order valence-corrected chi connectivity index (χ3v) is 8.79. The van der Waals surface area contributed by atoms with Crippen molar-refractivity contribution >= 4 is 56.9 Å². The molecular weight excluding hydrogens is 651 g/mol. The molecule has 252 valence electrons. The van der Waals surface area contributed by atoms with Gasteiger partial charge in [-0.3, -0.25) is 4.79 Å². The van der Waals surface area contributed by atoms with Crippen molar-refractivity contribution in [2.45, 2.75) is 63.7 Å². The van der Waals surface area contributed by atoms with Gasteiger partial charge in [0, 0.05) is 10.4 Å².